The number of likely N-dealkylation sites (tertiary alicyclic amines) is 1. The molecule has 7 nitrogen and oxygen atoms in total. The molecule has 0 saturated carbocycles. The highest BCUT2D eigenvalue weighted by atomic mass is 32.2. The van der Waals surface area contributed by atoms with Gasteiger partial charge in [-0.3, -0.25) is 4.79 Å². The van der Waals surface area contributed by atoms with E-state index in [2.05, 4.69) is 0 Å². The Morgan fingerprint density at radius 2 is 1.81 bits per heavy atom. The Bertz CT molecular complexity index is 872. The first-order valence-corrected chi connectivity index (χ1v) is 12.9. The molecule has 31 heavy (non-hydrogen) atoms. The topological polar surface area (TPSA) is 84.0 Å². The van der Waals surface area contributed by atoms with Crippen LogP contribution in [0.3, 0.4) is 0 Å². The summed E-state index contributed by atoms with van der Waals surface area (Å²) in [5.41, 5.74) is 0.661. The van der Waals surface area contributed by atoms with Crippen molar-refractivity contribution in [2.75, 3.05) is 25.9 Å². The molecular formula is C23H36N2O5S. The summed E-state index contributed by atoms with van der Waals surface area (Å²) in [6, 6.07) is 6.77. The van der Waals surface area contributed by atoms with E-state index in [1.54, 1.807) is 29.2 Å². The first kappa shape index (κ1) is 25.2. The zero-order valence-electron chi connectivity index (χ0n) is 19.6. The van der Waals surface area contributed by atoms with E-state index < -0.39 is 15.4 Å². The Labute approximate surface area is 186 Å². The van der Waals surface area contributed by atoms with E-state index in [-0.39, 0.29) is 29.7 Å². The Kier molecular flexibility index (Phi) is 8.14. The van der Waals surface area contributed by atoms with Gasteiger partial charge in [-0.05, 0) is 71.1 Å². The zero-order chi connectivity index (χ0) is 23.4. The molecule has 1 aliphatic rings. The van der Waals surface area contributed by atoms with Crippen molar-refractivity contribution in [3.63, 3.8) is 0 Å². The van der Waals surface area contributed by atoms with Gasteiger partial charge in [0.15, 0.2) is 9.84 Å². The highest BCUT2D eigenvalue weighted by Crippen LogP contribution is 2.22. The summed E-state index contributed by atoms with van der Waals surface area (Å²) in [6.45, 7) is 11.3. The number of piperidine rings is 1. The fourth-order valence-electron chi connectivity index (χ4n) is 3.72. The van der Waals surface area contributed by atoms with E-state index >= 15 is 0 Å². The van der Waals surface area contributed by atoms with Gasteiger partial charge >= 0.3 is 6.09 Å². The second kappa shape index (κ2) is 10.0. The van der Waals surface area contributed by atoms with Crippen LogP contribution in [0.5, 0.6) is 0 Å². The summed E-state index contributed by atoms with van der Waals surface area (Å²) in [7, 11) is -3.11. The van der Waals surface area contributed by atoms with Gasteiger partial charge in [0.2, 0.25) is 0 Å². The lowest BCUT2D eigenvalue weighted by Crippen LogP contribution is -2.48. The van der Waals surface area contributed by atoms with Crippen LogP contribution in [-0.2, 0) is 20.3 Å². The van der Waals surface area contributed by atoms with Crippen LogP contribution in [0.4, 0.5) is 4.79 Å². The van der Waals surface area contributed by atoms with Gasteiger partial charge in [-0.25, -0.2) is 13.2 Å². The molecule has 1 heterocycles. The third-order valence-corrected chi connectivity index (χ3v) is 6.00. The van der Waals surface area contributed by atoms with Gasteiger partial charge in [0, 0.05) is 37.5 Å². The largest absolute Gasteiger partial charge is 0.444 e. The molecule has 1 saturated heterocycles. The summed E-state index contributed by atoms with van der Waals surface area (Å²) >= 11 is 0. The quantitative estimate of drug-likeness (QED) is 0.657. The molecule has 0 aromatic heterocycles. The maximum Gasteiger partial charge on any atom is 0.410 e. The minimum Gasteiger partial charge on any atom is -0.444 e. The Morgan fingerprint density at radius 3 is 2.32 bits per heavy atom. The molecule has 1 aromatic carbocycles. The predicted molar refractivity (Wildman–Crippen MR) is 122 cm³/mol. The molecule has 8 heteroatoms. The molecule has 0 aliphatic carbocycles. The van der Waals surface area contributed by atoms with Crippen molar-refractivity contribution in [1.82, 2.24) is 9.80 Å². The number of amides is 2. The van der Waals surface area contributed by atoms with E-state index in [0.717, 1.165) is 12.8 Å². The van der Waals surface area contributed by atoms with E-state index in [0.29, 0.717) is 30.8 Å². The zero-order valence-corrected chi connectivity index (χ0v) is 20.4. The Hall–Kier alpha value is -2.09. The maximum absolute atomic E-state index is 13.0. The number of carbonyl (C=O) groups excluding carboxylic acids is 2. The Morgan fingerprint density at radius 1 is 1.19 bits per heavy atom. The number of benzene rings is 1. The summed E-state index contributed by atoms with van der Waals surface area (Å²) in [4.78, 5) is 29.2. The molecule has 1 fully saturated rings. The molecule has 0 radical (unpaired) electrons. The predicted octanol–water partition coefficient (Wildman–Crippen LogP) is 3.73. The second-order valence-electron chi connectivity index (χ2n) is 9.75. The molecule has 1 aliphatic heterocycles. The third-order valence-electron chi connectivity index (χ3n) is 5.14. The van der Waals surface area contributed by atoms with Crippen molar-refractivity contribution in [2.24, 2.45) is 5.92 Å². The number of carbonyl (C=O) groups is 2. The minimum absolute atomic E-state index is 0.00307. The highest BCUT2D eigenvalue weighted by Gasteiger charge is 2.30. The van der Waals surface area contributed by atoms with Gasteiger partial charge in [-0.1, -0.05) is 12.1 Å². The van der Waals surface area contributed by atoms with Crippen LogP contribution in [0.1, 0.15) is 63.4 Å². The van der Waals surface area contributed by atoms with Gasteiger partial charge in [-0.15, -0.1) is 0 Å². The summed E-state index contributed by atoms with van der Waals surface area (Å²) in [5, 5.41) is 0. The van der Waals surface area contributed by atoms with Crippen molar-refractivity contribution in [1.29, 1.82) is 0 Å². The average Bonchev–Trinajstić information content (AvgIpc) is 2.63. The smallest absolute Gasteiger partial charge is 0.410 e. The fourth-order valence-corrected chi connectivity index (χ4v) is 4.52. The number of hydrogen-bond donors (Lipinski definition) is 0. The van der Waals surface area contributed by atoms with Crippen LogP contribution in [-0.4, -0.2) is 67.8 Å². The highest BCUT2D eigenvalue weighted by molar-refractivity contribution is 7.89. The lowest BCUT2D eigenvalue weighted by molar-refractivity contribution is 0.0124. The molecule has 1 atom stereocenters. The molecule has 1 aromatic rings. The van der Waals surface area contributed by atoms with Crippen molar-refractivity contribution in [2.45, 2.75) is 64.9 Å². The Balaban J connectivity index is 2.03. The van der Waals surface area contributed by atoms with Crippen molar-refractivity contribution < 1.29 is 22.7 Å². The standard InChI is InChI=1S/C23H36N2O5S/c1-17(2)25(22(27)30-23(3,4)5)15-19-8-7-13-24(14-19)21(26)20-11-9-18(10-12-20)16-31(6,28)29/h9-12,17,19H,7-8,13-16H2,1-6H3. The molecule has 174 valence electrons. The molecule has 2 rings (SSSR count). The van der Waals surface area contributed by atoms with Crippen molar-refractivity contribution >= 4 is 21.8 Å². The van der Waals surface area contributed by atoms with Gasteiger partial charge in [0.25, 0.3) is 5.91 Å². The normalized spacial score (nSPS) is 17.5. The number of rotatable bonds is 6. The fraction of sp³-hybridized carbons (Fsp3) is 0.652. The van der Waals surface area contributed by atoms with E-state index in [1.807, 2.05) is 39.5 Å². The summed E-state index contributed by atoms with van der Waals surface area (Å²) in [5.74, 6) is 0.0734. The lowest BCUT2D eigenvalue weighted by Gasteiger charge is -2.37. The van der Waals surface area contributed by atoms with Gasteiger partial charge in [0.1, 0.15) is 5.60 Å². The van der Waals surface area contributed by atoms with Crippen LogP contribution < -0.4 is 0 Å². The third kappa shape index (κ3) is 8.16. The minimum atomic E-state index is -3.11. The van der Waals surface area contributed by atoms with E-state index in [4.69, 9.17) is 4.74 Å². The molecule has 0 N–H and O–H groups in total. The van der Waals surface area contributed by atoms with Crippen LogP contribution in [0.15, 0.2) is 24.3 Å². The monoisotopic (exact) mass is 452 g/mol. The lowest BCUT2D eigenvalue weighted by atomic mass is 9.96. The average molecular weight is 453 g/mol. The molecule has 0 bridgehead atoms. The number of ether oxygens (including phenoxy) is 1. The summed E-state index contributed by atoms with van der Waals surface area (Å²) in [6.07, 6.45) is 2.69. The van der Waals surface area contributed by atoms with Crippen LogP contribution >= 0.6 is 0 Å². The van der Waals surface area contributed by atoms with E-state index in [1.165, 1.54) is 6.26 Å². The van der Waals surface area contributed by atoms with Gasteiger partial charge in [0.05, 0.1) is 5.75 Å². The van der Waals surface area contributed by atoms with Gasteiger partial charge in [-0.2, -0.15) is 0 Å². The maximum atomic E-state index is 13.0. The molecule has 0 spiro atoms. The van der Waals surface area contributed by atoms with Crippen molar-refractivity contribution in [3.8, 4) is 0 Å². The second-order valence-corrected chi connectivity index (χ2v) is 11.9. The van der Waals surface area contributed by atoms with Crippen LogP contribution in [0.2, 0.25) is 0 Å². The number of nitrogens with zero attached hydrogens (tertiary/aromatic N) is 2. The first-order valence-electron chi connectivity index (χ1n) is 10.8. The van der Waals surface area contributed by atoms with Gasteiger partial charge < -0.3 is 14.5 Å². The molecule has 1 unspecified atom stereocenters. The number of sulfone groups is 1. The van der Waals surface area contributed by atoms with Crippen molar-refractivity contribution in [3.05, 3.63) is 35.4 Å². The summed E-state index contributed by atoms with van der Waals surface area (Å²) < 4.78 is 28.5. The molecule has 2 amide bonds. The van der Waals surface area contributed by atoms with Crippen LogP contribution in [0, 0.1) is 5.92 Å². The first-order chi connectivity index (χ1) is 14.2. The molecular weight excluding hydrogens is 416 g/mol. The SMILES string of the molecule is CC(C)N(CC1CCCN(C(=O)c2ccc(CS(C)(=O)=O)cc2)C1)C(=O)OC(C)(C)C. The van der Waals surface area contributed by atoms with Crippen LogP contribution in [0.25, 0.3) is 0 Å². The van der Waals surface area contributed by atoms with E-state index in [9.17, 15) is 18.0 Å². The number of hydrogen-bond acceptors (Lipinski definition) is 5.